The molecule has 0 bridgehead atoms. The number of rotatable bonds is 8. The summed E-state index contributed by atoms with van der Waals surface area (Å²) >= 11 is 0. The minimum absolute atomic E-state index is 1.16. The van der Waals surface area contributed by atoms with Gasteiger partial charge in [-0.15, -0.1) is 0 Å². The zero-order chi connectivity index (χ0) is 23.2. The highest BCUT2D eigenvalue weighted by atomic mass is 14.2. The van der Waals surface area contributed by atoms with Crippen LogP contribution in [0.25, 0.3) is 23.3 Å². The first kappa shape index (κ1) is 23.3. The maximum atomic E-state index is 2.49. The topological polar surface area (TPSA) is 0 Å². The monoisotopic (exact) mass is 434 g/mol. The van der Waals surface area contributed by atoms with Crippen LogP contribution < -0.4 is 0 Å². The van der Waals surface area contributed by atoms with E-state index in [9.17, 15) is 0 Å². The Kier molecular flexibility index (Phi) is 7.65. The molecule has 1 fully saturated rings. The number of unbranched alkanes of at least 4 members (excludes halogenated alkanes) is 3. The quantitative estimate of drug-likeness (QED) is 0.309. The lowest BCUT2D eigenvalue weighted by Gasteiger charge is -2.24. The molecule has 3 aromatic rings. The van der Waals surface area contributed by atoms with Crippen molar-refractivity contribution in [1.29, 1.82) is 0 Å². The lowest BCUT2D eigenvalue weighted by Crippen LogP contribution is -2.04. The van der Waals surface area contributed by atoms with E-state index < -0.39 is 0 Å². The van der Waals surface area contributed by atoms with E-state index in [0.29, 0.717) is 0 Å². The SMILES string of the molecule is CCCCCCc1cc(-c2ccccc2C)c(C)cc1/C=C1\CC\C1=C\c1ccccc1C. The third-order valence-electron chi connectivity index (χ3n) is 7.15. The Morgan fingerprint density at radius 2 is 1.30 bits per heavy atom. The molecule has 170 valence electrons. The summed E-state index contributed by atoms with van der Waals surface area (Å²) in [4.78, 5) is 0. The molecule has 0 nitrogen and oxygen atoms in total. The number of allylic oxidation sites excluding steroid dienone is 2. The summed E-state index contributed by atoms with van der Waals surface area (Å²) in [5.41, 5.74) is 14.1. The fourth-order valence-electron chi connectivity index (χ4n) is 4.90. The maximum absolute atomic E-state index is 2.49. The molecule has 0 radical (unpaired) electrons. The van der Waals surface area contributed by atoms with Crippen molar-refractivity contribution in [2.24, 2.45) is 0 Å². The molecular weight excluding hydrogens is 396 g/mol. The maximum Gasteiger partial charge on any atom is -0.0149 e. The Morgan fingerprint density at radius 3 is 1.97 bits per heavy atom. The summed E-state index contributed by atoms with van der Waals surface area (Å²) in [5, 5.41) is 0. The summed E-state index contributed by atoms with van der Waals surface area (Å²) in [6.45, 7) is 8.99. The largest absolute Gasteiger partial charge is 0.0654 e. The van der Waals surface area contributed by atoms with Crippen molar-refractivity contribution in [2.75, 3.05) is 0 Å². The van der Waals surface area contributed by atoms with Crippen molar-refractivity contribution in [3.63, 3.8) is 0 Å². The molecule has 0 atom stereocenters. The zero-order valence-corrected chi connectivity index (χ0v) is 20.9. The van der Waals surface area contributed by atoms with Gasteiger partial charge in [-0.3, -0.25) is 0 Å². The first-order chi connectivity index (χ1) is 16.1. The van der Waals surface area contributed by atoms with E-state index >= 15 is 0 Å². The summed E-state index contributed by atoms with van der Waals surface area (Å²) < 4.78 is 0. The van der Waals surface area contributed by atoms with Gasteiger partial charge in [0.1, 0.15) is 0 Å². The van der Waals surface area contributed by atoms with Crippen molar-refractivity contribution >= 4 is 12.2 Å². The van der Waals surface area contributed by atoms with Crippen LogP contribution in [0.1, 0.15) is 78.8 Å². The molecule has 1 saturated carbocycles. The van der Waals surface area contributed by atoms with Crippen LogP contribution in [0.4, 0.5) is 0 Å². The van der Waals surface area contributed by atoms with E-state index in [1.54, 1.807) is 0 Å². The normalized spacial score (nSPS) is 15.8. The molecular formula is C33H38. The zero-order valence-electron chi connectivity index (χ0n) is 20.9. The highest BCUT2D eigenvalue weighted by molar-refractivity contribution is 5.76. The van der Waals surface area contributed by atoms with E-state index in [1.807, 2.05) is 0 Å². The van der Waals surface area contributed by atoms with Gasteiger partial charge in [0, 0.05) is 0 Å². The molecule has 0 heterocycles. The number of aryl methyl sites for hydroxylation is 4. The predicted molar refractivity (Wildman–Crippen MR) is 146 cm³/mol. The van der Waals surface area contributed by atoms with Crippen LogP contribution in [-0.2, 0) is 6.42 Å². The standard InChI is InChI=1S/C33H38/c1-5-6-7-8-16-28-23-33(32-17-12-10-14-25(32)3)26(4)20-31(28)22-30-19-18-29(30)21-27-15-11-9-13-24(27)2/h9-15,17,20-23H,5-8,16,18-19H2,1-4H3/b29-21-,30-22+. The van der Waals surface area contributed by atoms with Crippen molar-refractivity contribution < 1.29 is 0 Å². The molecule has 0 amide bonds. The third kappa shape index (κ3) is 5.56. The summed E-state index contributed by atoms with van der Waals surface area (Å²) in [7, 11) is 0. The number of hydrogen-bond donors (Lipinski definition) is 0. The molecule has 1 aliphatic carbocycles. The van der Waals surface area contributed by atoms with Gasteiger partial charge >= 0.3 is 0 Å². The van der Waals surface area contributed by atoms with Crippen molar-refractivity contribution in [2.45, 2.75) is 72.6 Å². The Balaban J connectivity index is 1.70. The van der Waals surface area contributed by atoms with Gasteiger partial charge in [0.25, 0.3) is 0 Å². The van der Waals surface area contributed by atoms with Crippen LogP contribution in [0.5, 0.6) is 0 Å². The van der Waals surface area contributed by atoms with Gasteiger partial charge in [-0.05, 0) is 102 Å². The summed E-state index contributed by atoms with van der Waals surface area (Å²) in [6.07, 6.45) is 13.6. The second-order valence-electron chi connectivity index (χ2n) is 9.69. The molecule has 33 heavy (non-hydrogen) atoms. The Hall–Kier alpha value is -2.86. The molecule has 1 aliphatic rings. The third-order valence-corrected chi connectivity index (χ3v) is 7.15. The van der Waals surface area contributed by atoms with Crippen molar-refractivity contribution in [1.82, 2.24) is 0 Å². The van der Waals surface area contributed by atoms with Gasteiger partial charge in [-0.1, -0.05) is 99.0 Å². The molecule has 0 spiro atoms. The average Bonchev–Trinajstić information content (AvgIpc) is 2.80. The Labute approximate surface area is 201 Å². The van der Waals surface area contributed by atoms with Crippen LogP contribution >= 0.6 is 0 Å². The minimum Gasteiger partial charge on any atom is -0.0654 e. The van der Waals surface area contributed by atoms with Crippen LogP contribution in [0.15, 0.2) is 71.8 Å². The average molecular weight is 435 g/mol. The smallest absolute Gasteiger partial charge is 0.0149 e. The van der Waals surface area contributed by atoms with Gasteiger partial charge < -0.3 is 0 Å². The minimum atomic E-state index is 1.16. The van der Waals surface area contributed by atoms with Crippen LogP contribution in [0.3, 0.4) is 0 Å². The van der Waals surface area contributed by atoms with Gasteiger partial charge in [0.15, 0.2) is 0 Å². The molecule has 0 heteroatoms. The van der Waals surface area contributed by atoms with Gasteiger partial charge in [0.05, 0.1) is 0 Å². The predicted octanol–water partition coefficient (Wildman–Crippen LogP) is 9.66. The highest BCUT2D eigenvalue weighted by Crippen LogP contribution is 2.38. The number of hydrogen-bond acceptors (Lipinski definition) is 0. The van der Waals surface area contributed by atoms with E-state index in [4.69, 9.17) is 0 Å². The van der Waals surface area contributed by atoms with E-state index in [2.05, 4.69) is 101 Å². The Bertz CT molecular complexity index is 1170. The fraction of sp³-hybridized carbons (Fsp3) is 0.333. The summed E-state index contributed by atoms with van der Waals surface area (Å²) in [5.74, 6) is 0. The molecule has 0 saturated heterocycles. The lowest BCUT2D eigenvalue weighted by atomic mass is 9.81. The molecule has 0 N–H and O–H groups in total. The van der Waals surface area contributed by atoms with Crippen LogP contribution in [0.2, 0.25) is 0 Å². The second kappa shape index (κ2) is 10.8. The molecule has 3 aromatic carbocycles. The number of benzene rings is 3. The van der Waals surface area contributed by atoms with E-state index in [1.165, 1.54) is 94.2 Å². The van der Waals surface area contributed by atoms with Crippen molar-refractivity contribution in [3.05, 3.63) is 105 Å². The first-order valence-corrected chi connectivity index (χ1v) is 12.7. The summed E-state index contributed by atoms with van der Waals surface area (Å²) in [6, 6.07) is 22.4. The van der Waals surface area contributed by atoms with Crippen molar-refractivity contribution in [3.8, 4) is 11.1 Å². The highest BCUT2D eigenvalue weighted by Gasteiger charge is 2.18. The molecule has 0 aliphatic heterocycles. The fourth-order valence-corrected chi connectivity index (χ4v) is 4.90. The van der Waals surface area contributed by atoms with Gasteiger partial charge in [-0.2, -0.15) is 0 Å². The van der Waals surface area contributed by atoms with E-state index in [0.717, 1.165) is 6.42 Å². The second-order valence-corrected chi connectivity index (χ2v) is 9.69. The molecule has 4 rings (SSSR count). The Morgan fingerprint density at radius 1 is 0.636 bits per heavy atom. The molecule has 0 unspecified atom stereocenters. The van der Waals surface area contributed by atoms with Gasteiger partial charge in [-0.25, -0.2) is 0 Å². The lowest BCUT2D eigenvalue weighted by molar-refractivity contribution is 0.666. The first-order valence-electron chi connectivity index (χ1n) is 12.7. The van der Waals surface area contributed by atoms with Crippen LogP contribution in [-0.4, -0.2) is 0 Å². The molecule has 0 aromatic heterocycles. The van der Waals surface area contributed by atoms with E-state index in [-0.39, 0.29) is 0 Å². The van der Waals surface area contributed by atoms with Gasteiger partial charge in [0.2, 0.25) is 0 Å². The van der Waals surface area contributed by atoms with Crippen LogP contribution in [0, 0.1) is 20.8 Å².